The molecule has 0 amide bonds. The van der Waals surface area contributed by atoms with Crippen LogP contribution in [-0.2, 0) is 5.41 Å². The van der Waals surface area contributed by atoms with E-state index in [1.807, 2.05) is 0 Å². The third-order valence-electron chi connectivity index (χ3n) is 12.4. The van der Waals surface area contributed by atoms with Gasteiger partial charge in [-0.2, -0.15) is 0 Å². The van der Waals surface area contributed by atoms with Crippen molar-refractivity contribution in [3.63, 3.8) is 0 Å². The van der Waals surface area contributed by atoms with Gasteiger partial charge in [0.1, 0.15) is 0 Å². The maximum atomic E-state index is 2.44. The first-order valence-corrected chi connectivity index (χ1v) is 20.3. The maximum absolute atomic E-state index is 2.44. The normalized spacial score (nSPS) is 12.8. The molecule has 0 saturated heterocycles. The molecule has 0 aliphatic heterocycles. The van der Waals surface area contributed by atoms with Crippen molar-refractivity contribution in [2.24, 2.45) is 0 Å². The summed E-state index contributed by atoms with van der Waals surface area (Å²) in [4.78, 5) is 2.44. The Hall–Kier alpha value is -7.22. The second-order valence-electron chi connectivity index (χ2n) is 16.1. The fourth-order valence-corrected chi connectivity index (χ4v) is 9.48. The lowest BCUT2D eigenvalue weighted by Gasteiger charge is -2.29. The lowest BCUT2D eigenvalue weighted by molar-refractivity contribution is 0.660. The smallest absolute Gasteiger partial charge is 0.0540 e. The molecule has 0 spiro atoms. The molecular formula is C57H41N. The molecule has 1 aliphatic rings. The van der Waals surface area contributed by atoms with Crippen LogP contribution in [0.2, 0.25) is 0 Å². The molecule has 0 heterocycles. The van der Waals surface area contributed by atoms with Crippen LogP contribution in [0.4, 0.5) is 17.1 Å². The molecule has 0 aromatic heterocycles. The number of fused-ring (bicyclic) bond motifs is 7. The molecule has 0 atom stereocenters. The van der Waals surface area contributed by atoms with E-state index in [9.17, 15) is 0 Å². The van der Waals surface area contributed by atoms with E-state index >= 15 is 0 Å². The first kappa shape index (κ1) is 34.1. The average Bonchev–Trinajstić information content (AvgIpc) is 3.52. The molecule has 0 bridgehead atoms. The fourth-order valence-electron chi connectivity index (χ4n) is 9.48. The van der Waals surface area contributed by atoms with Gasteiger partial charge in [-0.3, -0.25) is 0 Å². The number of nitrogens with zero attached hydrogens (tertiary/aromatic N) is 1. The summed E-state index contributed by atoms with van der Waals surface area (Å²) in [6.07, 6.45) is 0. The van der Waals surface area contributed by atoms with Crippen LogP contribution in [0.5, 0.6) is 0 Å². The minimum atomic E-state index is -0.0502. The van der Waals surface area contributed by atoms with E-state index in [1.165, 1.54) is 88.0 Å². The van der Waals surface area contributed by atoms with E-state index in [0.717, 1.165) is 17.1 Å². The number of hydrogen-bond acceptors (Lipinski definition) is 1. The molecule has 0 radical (unpaired) electrons. The predicted molar refractivity (Wildman–Crippen MR) is 248 cm³/mol. The molecule has 11 rings (SSSR count). The van der Waals surface area contributed by atoms with Crippen molar-refractivity contribution < 1.29 is 0 Å². The predicted octanol–water partition coefficient (Wildman–Crippen LogP) is 15.9. The van der Waals surface area contributed by atoms with Crippen molar-refractivity contribution >= 4 is 49.4 Å². The van der Waals surface area contributed by atoms with Gasteiger partial charge in [-0.1, -0.05) is 178 Å². The monoisotopic (exact) mass is 739 g/mol. The van der Waals surface area contributed by atoms with Gasteiger partial charge in [0.2, 0.25) is 0 Å². The van der Waals surface area contributed by atoms with Crippen LogP contribution >= 0.6 is 0 Å². The largest absolute Gasteiger partial charge is 0.310 e. The molecule has 1 aliphatic carbocycles. The molecule has 0 unspecified atom stereocenters. The van der Waals surface area contributed by atoms with Crippen molar-refractivity contribution in [2.75, 3.05) is 4.90 Å². The quantitative estimate of drug-likeness (QED) is 0.154. The summed E-state index contributed by atoms with van der Waals surface area (Å²) in [5.41, 5.74) is 16.0. The molecule has 0 N–H and O–H groups in total. The zero-order valence-corrected chi connectivity index (χ0v) is 32.7. The third kappa shape index (κ3) is 5.54. The third-order valence-corrected chi connectivity index (χ3v) is 12.4. The Morgan fingerprint density at radius 3 is 1.76 bits per heavy atom. The van der Waals surface area contributed by atoms with Crippen LogP contribution in [0.25, 0.3) is 76.8 Å². The van der Waals surface area contributed by atoms with Gasteiger partial charge in [0.25, 0.3) is 0 Å². The summed E-state index contributed by atoms with van der Waals surface area (Å²) in [6.45, 7) is 4.70. The first-order chi connectivity index (χ1) is 28.5. The SMILES string of the molecule is CC1(C)c2ccccc2-c2ccc(-c3ccc(N(c4cccc(-c5ccc6ccccc6c5)c4)c4ccccc4-c4cc5ccccc5c5ccccc45)cc3)cc21. The lowest BCUT2D eigenvalue weighted by Crippen LogP contribution is -2.14. The van der Waals surface area contributed by atoms with Crippen LogP contribution in [0.1, 0.15) is 25.0 Å². The molecule has 274 valence electrons. The summed E-state index contributed by atoms with van der Waals surface area (Å²) in [5, 5.41) is 7.51. The molecule has 10 aromatic carbocycles. The summed E-state index contributed by atoms with van der Waals surface area (Å²) >= 11 is 0. The van der Waals surface area contributed by atoms with Crippen molar-refractivity contribution in [2.45, 2.75) is 19.3 Å². The molecule has 0 saturated carbocycles. The van der Waals surface area contributed by atoms with Gasteiger partial charge in [0.15, 0.2) is 0 Å². The van der Waals surface area contributed by atoms with Crippen molar-refractivity contribution in [1.82, 2.24) is 0 Å². The van der Waals surface area contributed by atoms with Gasteiger partial charge < -0.3 is 4.90 Å². The van der Waals surface area contributed by atoms with Gasteiger partial charge in [0, 0.05) is 22.4 Å². The second kappa shape index (κ2) is 13.5. The number of hydrogen-bond donors (Lipinski definition) is 0. The Morgan fingerprint density at radius 1 is 0.310 bits per heavy atom. The lowest BCUT2D eigenvalue weighted by atomic mass is 9.81. The van der Waals surface area contributed by atoms with Gasteiger partial charge in [-0.05, 0) is 131 Å². The van der Waals surface area contributed by atoms with Crippen molar-refractivity contribution in [1.29, 1.82) is 0 Å². The van der Waals surface area contributed by atoms with Crippen LogP contribution in [0, 0.1) is 0 Å². The van der Waals surface area contributed by atoms with Crippen LogP contribution in [-0.4, -0.2) is 0 Å². The van der Waals surface area contributed by atoms with E-state index < -0.39 is 0 Å². The van der Waals surface area contributed by atoms with Crippen molar-refractivity contribution in [3.05, 3.63) is 223 Å². The fraction of sp³-hybridized carbons (Fsp3) is 0.0526. The summed E-state index contributed by atoms with van der Waals surface area (Å²) < 4.78 is 0. The zero-order chi connectivity index (χ0) is 38.8. The average molecular weight is 740 g/mol. The number of anilines is 3. The highest BCUT2D eigenvalue weighted by Gasteiger charge is 2.35. The minimum Gasteiger partial charge on any atom is -0.310 e. The molecule has 1 heteroatoms. The second-order valence-corrected chi connectivity index (χ2v) is 16.1. The van der Waals surface area contributed by atoms with Crippen LogP contribution in [0.3, 0.4) is 0 Å². The Bertz CT molecular complexity index is 3200. The standard InChI is InChI=1S/C57H41N/c1-57(2)54-24-11-9-22-50(54)51-33-30-43(37-55(51)57)39-28-31-45(32-29-39)58(46-18-13-17-41(35-46)42-27-26-38-14-3-4-15-40(38)34-42)56-25-12-10-23-52(56)53-36-44-16-5-6-19-47(44)48-20-7-8-21-49(48)53/h3-37H,1-2H3. The summed E-state index contributed by atoms with van der Waals surface area (Å²) in [5.74, 6) is 0. The number of rotatable bonds is 6. The Kier molecular flexibility index (Phi) is 7.91. The number of para-hydroxylation sites is 1. The first-order valence-electron chi connectivity index (χ1n) is 20.3. The highest BCUT2D eigenvalue weighted by atomic mass is 15.1. The molecule has 10 aromatic rings. The Morgan fingerprint density at radius 2 is 0.914 bits per heavy atom. The highest BCUT2D eigenvalue weighted by molar-refractivity contribution is 6.15. The summed E-state index contributed by atoms with van der Waals surface area (Å²) in [7, 11) is 0. The van der Waals surface area contributed by atoms with Gasteiger partial charge in [-0.25, -0.2) is 0 Å². The minimum absolute atomic E-state index is 0.0502. The Labute approximate surface area is 340 Å². The Balaban J connectivity index is 1.07. The maximum Gasteiger partial charge on any atom is 0.0540 e. The van der Waals surface area contributed by atoms with E-state index in [0.29, 0.717) is 0 Å². The zero-order valence-electron chi connectivity index (χ0n) is 32.7. The van der Waals surface area contributed by atoms with Crippen LogP contribution in [0.15, 0.2) is 212 Å². The highest BCUT2D eigenvalue weighted by Crippen LogP contribution is 2.50. The summed E-state index contributed by atoms with van der Waals surface area (Å²) in [6, 6.07) is 78.3. The van der Waals surface area contributed by atoms with E-state index in [4.69, 9.17) is 0 Å². The topological polar surface area (TPSA) is 3.24 Å². The van der Waals surface area contributed by atoms with Gasteiger partial charge >= 0.3 is 0 Å². The van der Waals surface area contributed by atoms with Gasteiger partial charge in [-0.15, -0.1) is 0 Å². The van der Waals surface area contributed by atoms with E-state index in [-0.39, 0.29) is 5.41 Å². The van der Waals surface area contributed by atoms with Gasteiger partial charge in [0.05, 0.1) is 5.69 Å². The molecule has 0 fully saturated rings. The molecule has 58 heavy (non-hydrogen) atoms. The van der Waals surface area contributed by atoms with E-state index in [2.05, 4.69) is 231 Å². The number of benzene rings is 10. The van der Waals surface area contributed by atoms with Crippen LogP contribution < -0.4 is 4.90 Å². The van der Waals surface area contributed by atoms with E-state index in [1.54, 1.807) is 0 Å². The van der Waals surface area contributed by atoms with Crippen molar-refractivity contribution in [3.8, 4) is 44.5 Å². The molecule has 1 nitrogen and oxygen atoms in total. The molecular weight excluding hydrogens is 699 g/mol.